The molecular weight excluding hydrogens is 373 g/mol. The van der Waals surface area contributed by atoms with Gasteiger partial charge in [0.15, 0.2) is 0 Å². The van der Waals surface area contributed by atoms with E-state index in [0.29, 0.717) is 4.47 Å². The molecule has 2 aromatic rings. The number of benzene rings is 2. The third-order valence-corrected chi connectivity index (χ3v) is 5.40. The van der Waals surface area contributed by atoms with E-state index < -0.39 is 21.8 Å². The Bertz CT molecular complexity index is 868. The van der Waals surface area contributed by atoms with Crippen LogP contribution >= 0.6 is 11.6 Å². The zero-order chi connectivity index (χ0) is 18.6. The highest BCUT2D eigenvalue weighted by molar-refractivity contribution is 7.89. The second kappa shape index (κ2) is 7.92. The van der Waals surface area contributed by atoms with Crippen LogP contribution in [-0.2, 0) is 26.2 Å². The molecule has 0 aromatic heterocycles. The van der Waals surface area contributed by atoms with E-state index in [9.17, 15) is 17.6 Å². The van der Waals surface area contributed by atoms with Gasteiger partial charge < -0.3 is 4.74 Å². The number of hydrogen-bond acceptors (Lipinski definition) is 5. The van der Waals surface area contributed by atoms with Crippen LogP contribution in [-0.4, -0.2) is 33.0 Å². The third kappa shape index (κ3) is 4.35. The number of carbonyl (C=O) groups excluding carboxylic acids is 1. The van der Waals surface area contributed by atoms with Crippen LogP contribution in [0.5, 0.6) is 0 Å². The molecule has 2 aromatic carbocycles. The van der Waals surface area contributed by atoms with Gasteiger partial charge >= 0.3 is 5.97 Å². The first kappa shape index (κ1) is 19.3. The summed E-state index contributed by atoms with van der Waals surface area (Å²) in [6, 6.07) is 9.35. The molecule has 0 radical (unpaired) electrons. The minimum atomic E-state index is -3.90. The van der Waals surface area contributed by atoms with E-state index in [0.717, 1.165) is 6.07 Å². The highest BCUT2D eigenvalue weighted by atomic mass is 35.5. The van der Waals surface area contributed by atoms with Crippen LogP contribution in [0.15, 0.2) is 47.4 Å². The third-order valence-electron chi connectivity index (χ3n) is 3.37. The summed E-state index contributed by atoms with van der Waals surface area (Å²) < 4.78 is 43.7. The predicted octanol–water partition coefficient (Wildman–Crippen LogP) is 3.02. The van der Waals surface area contributed by atoms with Crippen molar-refractivity contribution < 1.29 is 27.2 Å². The minimum absolute atomic E-state index is 0.00182. The Labute approximate surface area is 149 Å². The zero-order valence-corrected chi connectivity index (χ0v) is 15.0. The lowest BCUT2D eigenvalue weighted by Gasteiger charge is -2.14. The summed E-state index contributed by atoms with van der Waals surface area (Å²) in [4.78, 5) is 16.7. The quantitative estimate of drug-likeness (QED) is 0.562. The molecule has 0 aliphatic carbocycles. The lowest BCUT2D eigenvalue weighted by molar-refractivity contribution is -0.0258. The maximum Gasteiger partial charge on any atom is 0.338 e. The van der Waals surface area contributed by atoms with Crippen molar-refractivity contribution in [1.29, 1.82) is 0 Å². The summed E-state index contributed by atoms with van der Waals surface area (Å²) in [5, 5.41) is 0.130. The van der Waals surface area contributed by atoms with Gasteiger partial charge in [-0.05, 0) is 30.3 Å². The second-order valence-corrected chi connectivity index (χ2v) is 7.24. The molecule has 0 saturated carbocycles. The van der Waals surface area contributed by atoms with E-state index in [1.807, 2.05) is 0 Å². The highest BCUT2D eigenvalue weighted by Crippen LogP contribution is 2.21. The first-order valence-corrected chi connectivity index (χ1v) is 8.82. The zero-order valence-electron chi connectivity index (χ0n) is 13.4. The van der Waals surface area contributed by atoms with Crippen molar-refractivity contribution in [1.82, 2.24) is 4.47 Å². The first-order chi connectivity index (χ1) is 11.8. The monoisotopic (exact) mass is 387 g/mol. The SMILES string of the molecule is CON(C)S(=O)(=O)c1cccc(C(=O)OCc2c(F)cccc2Cl)c1. The molecule has 2 rings (SSSR count). The predicted molar refractivity (Wildman–Crippen MR) is 88.9 cm³/mol. The number of hydroxylamine groups is 1. The van der Waals surface area contributed by atoms with Crippen molar-refractivity contribution in [2.24, 2.45) is 0 Å². The molecule has 0 saturated heterocycles. The highest BCUT2D eigenvalue weighted by Gasteiger charge is 2.22. The van der Waals surface area contributed by atoms with Crippen molar-refractivity contribution in [2.45, 2.75) is 11.5 Å². The molecule has 0 aliphatic heterocycles. The number of esters is 1. The molecule has 0 N–H and O–H groups in total. The Morgan fingerprint density at radius 2 is 1.92 bits per heavy atom. The molecule has 0 fully saturated rings. The maximum atomic E-state index is 13.7. The van der Waals surface area contributed by atoms with Crippen LogP contribution in [0.25, 0.3) is 0 Å². The van der Waals surface area contributed by atoms with Gasteiger partial charge in [-0.1, -0.05) is 28.2 Å². The van der Waals surface area contributed by atoms with Gasteiger partial charge in [0.2, 0.25) is 0 Å². The summed E-state index contributed by atoms with van der Waals surface area (Å²) in [7, 11) is -1.48. The fourth-order valence-electron chi connectivity index (χ4n) is 1.92. The standard InChI is InChI=1S/C16H15ClFNO5S/c1-19(23-2)25(21,22)12-6-3-5-11(9-12)16(20)24-10-13-14(17)7-4-8-15(13)18/h3-9H,10H2,1-2H3. The van der Waals surface area contributed by atoms with Crippen LogP contribution in [0, 0.1) is 5.82 Å². The topological polar surface area (TPSA) is 72.9 Å². The van der Waals surface area contributed by atoms with Gasteiger partial charge in [0.25, 0.3) is 10.0 Å². The summed E-state index contributed by atoms with van der Waals surface area (Å²) in [5.74, 6) is -1.41. The number of ether oxygens (including phenoxy) is 1. The number of rotatable bonds is 6. The van der Waals surface area contributed by atoms with Gasteiger partial charge in [-0.3, -0.25) is 4.84 Å². The summed E-state index contributed by atoms with van der Waals surface area (Å²) in [6.45, 7) is -0.376. The van der Waals surface area contributed by atoms with Crippen molar-refractivity contribution >= 4 is 27.6 Å². The summed E-state index contributed by atoms with van der Waals surface area (Å²) in [6.07, 6.45) is 0. The van der Waals surface area contributed by atoms with Gasteiger partial charge in [0.05, 0.1) is 22.6 Å². The smallest absolute Gasteiger partial charge is 0.338 e. The van der Waals surface area contributed by atoms with E-state index in [1.165, 1.54) is 50.6 Å². The second-order valence-electron chi connectivity index (χ2n) is 4.90. The fourth-order valence-corrected chi connectivity index (χ4v) is 3.16. The van der Waals surface area contributed by atoms with Crippen molar-refractivity contribution in [3.05, 3.63) is 64.4 Å². The summed E-state index contributed by atoms with van der Waals surface area (Å²) >= 11 is 5.86. The van der Waals surface area contributed by atoms with Crippen molar-refractivity contribution in [2.75, 3.05) is 14.2 Å². The van der Waals surface area contributed by atoms with E-state index in [-0.39, 0.29) is 27.7 Å². The minimum Gasteiger partial charge on any atom is -0.457 e. The average molecular weight is 388 g/mol. The van der Waals surface area contributed by atoms with Gasteiger partial charge in [-0.15, -0.1) is 0 Å². The Balaban J connectivity index is 2.20. The molecule has 0 bridgehead atoms. The van der Waals surface area contributed by atoms with Crippen LogP contribution in [0.2, 0.25) is 5.02 Å². The van der Waals surface area contributed by atoms with Gasteiger partial charge in [0, 0.05) is 12.6 Å². The average Bonchev–Trinajstić information content (AvgIpc) is 2.60. The van der Waals surface area contributed by atoms with Gasteiger partial charge in [0.1, 0.15) is 12.4 Å². The molecular formula is C16H15ClFNO5S. The lowest BCUT2D eigenvalue weighted by atomic mass is 10.2. The molecule has 9 heteroatoms. The number of carbonyl (C=O) groups is 1. The van der Waals surface area contributed by atoms with Crippen molar-refractivity contribution in [3.63, 3.8) is 0 Å². The van der Waals surface area contributed by atoms with Crippen LogP contribution in [0.1, 0.15) is 15.9 Å². The number of hydrogen-bond donors (Lipinski definition) is 0. The van der Waals surface area contributed by atoms with Gasteiger partial charge in [-0.25, -0.2) is 17.6 Å². The molecule has 0 heterocycles. The molecule has 0 amide bonds. The lowest BCUT2D eigenvalue weighted by Crippen LogP contribution is -2.25. The van der Waals surface area contributed by atoms with E-state index in [1.54, 1.807) is 0 Å². The Morgan fingerprint density at radius 1 is 1.24 bits per heavy atom. The summed E-state index contributed by atoms with van der Waals surface area (Å²) in [5.41, 5.74) is 0.0402. The van der Waals surface area contributed by atoms with Crippen molar-refractivity contribution in [3.8, 4) is 0 Å². The molecule has 0 spiro atoms. The fraction of sp³-hybridized carbons (Fsp3) is 0.188. The molecule has 25 heavy (non-hydrogen) atoms. The Hall–Kier alpha value is -2.00. The number of nitrogens with zero attached hydrogens (tertiary/aromatic N) is 1. The normalized spacial score (nSPS) is 11.6. The van der Waals surface area contributed by atoms with E-state index in [4.69, 9.17) is 16.3 Å². The van der Waals surface area contributed by atoms with E-state index >= 15 is 0 Å². The maximum absolute atomic E-state index is 13.7. The molecule has 0 unspecified atom stereocenters. The Kier molecular flexibility index (Phi) is 6.12. The number of sulfonamides is 1. The molecule has 0 aliphatic rings. The molecule has 6 nitrogen and oxygen atoms in total. The Morgan fingerprint density at radius 3 is 2.56 bits per heavy atom. The molecule has 134 valence electrons. The molecule has 0 atom stereocenters. The van der Waals surface area contributed by atoms with Crippen LogP contribution in [0.3, 0.4) is 0 Å². The van der Waals surface area contributed by atoms with Gasteiger partial charge in [-0.2, -0.15) is 0 Å². The first-order valence-electron chi connectivity index (χ1n) is 7.00. The largest absolute Gasteiger partial charge is 0.457 e. The van der Waals surface area contributed by atoms with Crippen LogP contribution in [0.4, 0.5) is 4.39 Å². The van der Waals surface area contributed by atoms with E-state index in [2.05, 4.69) is 4.84 Å². The number of halogens is 2. The van der Waals surface area contributed by atoms with Crippen LogP contribution < -0.4 is 0 Å².